The van der Waals surface area contributed by atoms with Gasteiger partial charge in [0.25, 0.3) is 0 Å². The number of aliphatic hydroxyl groups excluding tert-OH is 1. The molecule has 0 saturated carbocycles. The minimum atomic E-state index is -4.42. The third-order valence-corrected chi connectivity index (χ3v) is 1.73. The molecule has 0 bridgehead atoms. The standard InChI is InChI=1S/C6H8NO.C2H6O4S/c8-6-7-4-2-1-3-5-7;1-2-6-7(3,4)5/h1-5,8H,6H2;2H2,1H3,(H,3,4,5)/q+1;/p-1. The first kappa shape index (κ1) is 14.0. The summed E-state index contributed by atoms with van der Waals surface area (Å²) in [5, 5.41) is 8.50. The van der Waals surface area contributed by atoms with Crippen molar-refractivity contribution in [1.29, 1.82) is 0 Å². The van der Waals surface area contributed by atoms with Crippen molar-refractivity contribution in [3.63, 3.8) is 0 Å². The SMILES string of the molecule is CCOS(=O)(=O)[O-].OC[n+]1ccccc1. The predicted octanol–water partition coefficient (Wildman–Crippen LogP) is -0.593. The Labute approximate surface area is 88.7 Å². The van der Waals surface area contributed by atoms with Gasteiger partial charge in [-0.05, 0) is 6.92 Å². The van der Waals surface area contributed by atoms with Gasteiger partial charge in [0, 0.05) is 12.1 Å². The van der Waals surface area contributed by atoms with E-state index in [0.29, 0.717) is 0 Å². The molecule has 0 fully saturated rings. The van der Waals surface area contributed by atoms with Gasteiger partial charge >= 0.3 is 0 Å². The summed E-state index contributed by atoms with van der Waals surface area (Å²) in [6.07, 6.45) is 3.61. The molecule has 15 heavy (non-hydrogen) atoms. The van der Waals surface area contributed by atoms with Crippen LogP contribution in [0.5, 0.6) is 0 Å². The number of aromatic nitrogens is 1. The molecule has 0 unspecified atom stereocenters. The van der Waals surface area contributed by atoms with Crippen molar-refractivity contribution in [3.8, 4) is 0 Å². The van der Waals surface area contributed by atoms with Crippen LogP contribution in [0.15, 0.2) is 30.6 Å². The predicted molar refractivity (Wildman–Crippen MR) is 50.2 cm³/mol. The average Bonchev–Trinajstić information content (AvgIpc) is 2.18. The highest BCUT2D eigenvalue weighted by molar-refractivity contribution is 7.80. The zero-order chi connectivity index (χ0) is 11.7. The van der Waals surface area contributed by atoms with Gasteiger partial charge < -0.3 is 9.66 Å². The van der Waals surface area contributed by atoms with E-state index >= 15 is 0 Å². The summed E-state index contributed by atoms with van der Waals surface area (Å²) < 4.78 is 33.7. The van der Waals surface area contributed by atoms with Gasteiger partial charge in [0.2, 0.25) is 17.1 Å². The van der Waals surface area contributed by atoms with Gasteiger partial charge in [-0.15, -0.1) is 0 Å². The smallest absolute Gasteiger partial charge is 0.250 e. The van der Waals surface area contributed by atoms with E-state index in [-0.39, 0.29) is 13.3 Å². The number of hydrogen-bond donors (Lipinski definition) is 1. The second kappa shape index (κ2) is 7.30. The third kappa shape index (κ3) is 9.29. The topological polar surface area (TPSA) is 90.5 Å². The number of pyridine rings is 1. The van der Waals surface area contributed by atoms with Crippen molar-refractivity contribution in [2.24, 2.45) is 0 Å². The van der Waals surface area contributed by atoms with E-state index in [2.05, 4.69) is 4.18 Å². The van der Waals surface area contributed by atoms with Crippen LogP contribution in [0, 0.1) is 0 Å². The van der Waals surface area contributed by atoms with Crippen LogP contribution < -0.4 is 4.57 Å². The van der Waals surface area contributed by atoms with Crippen LogP contribution in [-0.4, -0.2) is 24.7 Å². The maximum Gasteiger partial charge on any atom is 0.250 e. The van der Waals surface area contributed by atoms with Crippen LogP contribution in [-0.2, 0) is 21.3 Å². The Balaban J connectivity index is 0.000000265. The highest BCUT2D eigenvalue weighted by atomic mass is 32.3. The maximum atomic E-state index is 9.45. The fourth-order valence-electron chi connectivity index (χ4n) is 0.673. The highest BCUT2D eigenvalue weighted by Crippen LogP contribution is 1.80. The summed E-state index contributed by atoms with van der Waals surface area (Å²) in [7, 11) is -4.42. The Morgan fingerprint density at radius 2 is 1.87 bits per heavy atom. The molecule has 0 saturated heterocycles. The monoisotopic (exact) mass is 235 g/mol. The van der Waals surface area contributed by atoms with Crippen LogP contribution in [0.1, 0.15) is 6.92 Å². The van der Waals surface area contributed by atoms with Crippen molar-refractivity contribution in [1.82, 2.24) is 0 Å². The van der Waals surface area contributed by atoms with E-state index in [4.69, 9.17) is 5.11 Å². The van der Waals surface area contributed by atoms with Crippen molar-refractivity contribution in [2.75, 3.05) is 6.61 Å². The van der Waals surface area contributed by atoms with E-state index in [0.717, 1.165) is 0 Å². The molecule has 1 heterocycles. The normalized spacial score (nSPS) is 10.3. The van der Waals surface area contributed by atoms with Gasteiger partial charge in [0.05, 0.1) is 6.61 Å². The van der Waals surface area contributed by atoms with Crippen LogP contribution >= 0.6 is 0 Å². The molecule has 0 spiro atoms. The second-order valence-corrected chi connectivity index (χ2v) is 3.40. The minimum absolute atomic E-state index is 0.0564. The fraction of sp³-hybridized carbons (Fsp3) is 0.375. The van der Waals surface area contributed by atoms with E-state index in [1.165, 1.54) is 6.92 Å². The fourth-order valence-corrected chi connectivity index (χ4v) is 0.962. The van der Waals surface area contributed by atoms with Crippen molar-refractivity contribution in [2.45, 2.75) is 13.7 Å². The molecule has 1 aromatic rings. The number of rotatable bonds is 3. The Kier molecular flexibility index (Phi) is 6.80. The van der Waals surface area contributed by atoms with Crippen molar-refractivity contribution in [3.05, 3.63) is 30.6 Å². The van der Waals surface area contributed by atoms with Gasteiger partial charge in [-0.1, -0.05) is 6.07 Å². The largest absolute Gasteiger partial charge is 0.726 e. The maximum absolute atomic E-state index is 9.45. The van der Waals surface area contributed by atoms with E-state index < -0.39 is 10.4 Å². The van der Waals surface area contributed by atoms with Crippen LogP contribution in [0.25, 0.3) is 0 Å². The van der Waals surface area contributed by atoms with E-state index in [1.54, 1.807) is 17.0 Å². The average molecular weight is 235 g/mol. The molecule has 0 amide bonds. The first-order valence-corrected chi connectivity index (χ1v) is 5.48. The number of aliphatic hydroxyl groups is 1. The summed E-state index contributed by atoms with van der Waals surface area (Å²) in [5.41, 5.74) is 0. The van der Waals surface area contributed by atoms with Crippen molar-refractivity contribution < 1.29 is 26.8 Å². The molecule has 86 valence electrons. The zero-order valence-corrected chi connectivity index (χ0v) is 9.05. The molecule has 0 aliphatic rings. The van der Waals surface area contributed by atoms with Crippen molar-refractivity contribution >= 4 is 10.4 Å². The quantitative estimate of drug-likeness (QED) is 0.429. The summed E-state index contributed by atoms with van der Waals surface area (Å²) >= 11 is 0. The lowest BCUT2D eigenvalue weighted by atomic mass is 10.5. The second-order valence-electron chi connectivity index (χ2n) is 2.35. The van der Waals surface area contributed by atoms with Gasteiger partial charge in [0.1, 0.15) is 0 Å². The molecule has 1 aromatic heterocycles. The Morgan fingerprint density at radius 3 is 2.07 bits per heavy atom. The van der Waals surface area contributed by atoms with Gasteiger partial charge in [-0.25, -0.2) is 8.42 Å². The van der Waals surface area contributed by atoms with Gasteiger partial charge in [0.15, 0.2) is 12.4 Å². The lowest BCUT2D eigenvalue weighted by molar-refractivity contribution is -0.729. The molecule has 0 atom stereocenters. The summed E-state index contributed by atoms with van der Waals surface area (Å²) in [6.45, 7) is 1.39. The lowest BCUT2D eigenvalue weighted by Crippen LogP contribution is -2.31. The van der Waals surface area contributed by atoms with E-state index in [1.807, 2.05) is 18.2 Å². The zero-order valence-electron chi connectivity index (χ0n) is 8.24. The summed E-state index contributed by atoms with van der Waals surface area (Å²) in [4.78, 5) is 0. The molecule has 1 N–H and O–H groups in total. The highest BCUT2D eigenvalue weighted by Gasteiger charge is 1.87. The first-order valence-electron chi connectivity index (χ1n) is 4.14. The molecular formula is C8H13NO5S. The molecule has 7 heteroatoms. The van der Waals surface area contributed by atoms with Crippen LogP contribution in [0.3, 0.4) is 0 Å². The molecule has 0 aromatic carbocycles. The van der Waals surface area contributed by atoms with Crippen LogP contribution in [0.2, 0.25) is 0 Å². The van der Waals surface area contributed by atoms with Gasteiger partial charge in [-0.3, -0.25) is 4.18 Å². The Morgan fingerprint density at radius 1 is 1.33 bits per heavy atom. The molecule has 0 aliphatic carbocycles. The molecule has 0 aliphatic heterocycles. The molecular weight excluding hydrogens is 222 g/mol. The lowest BCUT2D eigenvalue weighted by Gasteiger charge is -2.02. The van der Waals surface area contributed by atoms with E-state index in [9.17, 15) is 13.0 Å². The Hall–Kier alpha value is -1.02. The summed E-state index contributed by atoms with van der Waals surface area (Å²) in [5.74, 6) is 0. The third-order valence-electron chi connectivity index (χ3n) is 1.20. The van der Waals surface area contributed by atoms with Crippen LogP contribution in [0.4, 0.5) is 0 Å². The molecule has 6 nitrogen and oxygen atoms in total. The molecule has 0 radical (unpaired) electrons. The number of hydrogen-bond acceptors (Lipinski definition) is 5. The first-order chi connectivity index (χ1) is 6.99. The van der Waals surface area contributed by atoms with Gasteiger partial charge in [-0.2, -0.15) is 4.57 Å². The number of nitrogens with zero attached hydrogens (tertiary/aromatic N) is 1. The molecule has 1 rings (SSSR count). The Bertz CT molecular complexity index is 351. The summed E-state index contributed by atoms with van der Waals surface area (Å²) in [6, 6.07) is 5.65. The minimum Gasteiger partial charge on any atom is -0.726 e.